The Bertz CT molecular complexity index is 118. The molecule has 0 spiro atoms. The minimum absolute atomic E-state index is 0.113. The Morgan fingerprint density at radius 1 is 1.80 bits per heavy atom. The van der Waals surface area contributed by atoms with E-state index in [1.165, 1.54) is 0 Å². The molecule has 0 aliphatic heterocycles. The summed E-state index contributed by atoms with van der Waals surface area (Å²) in [6.45, 7) is 1.88. The maximum atomic E-state index is 10.3. The van der Waals surface area contributed by atoms with Crippen LogP contribution in [0.25, 0.3) is 0 Å². The molecule has 0 rings (SSSR count). The van der Waals surface area contributed by atoms with Gasteiger partial charge in [-0.05, 0) is 0 Å². The van der Waals surface area contributed by atoms with E-state index in [1.807, 2.05) is 6.92 Å². The number of rotatable bonds is 4. The van der Waals surface area contributed by atoms with E-state index in [1.54, 1.807) is 0 Å². The third-order valence-corrected chi connectivity index (χ3v) is 3.13. The van der Waals surface area contributed by atoms with Gasteiger partial charge in [0.15, 0.2) is 0 Å². The van der Waals surface area contributed by atoms with Gasteiger partial charge in [-0.1, -0.05) is 0 Å². The number of carbonyl (C=O) groups is 1. The number of carboxylic acids is 1. The zero-order valence-corrected chi connectivity index (χ0v) is 7.92. The molecule has 0 heterocycles. The molecular formula is C6H13NO2Se. The molecule has 0 saturated carbocycles. The maximum absolute atomic E-state index is 10.3. The van der Waals surface area contributed by atoms with Crippen LogP contribution in [0.3, 0.4) is 0 Å². The molecule has 3 nitrogen and oxygen atoms in total. The van der Waals surface area contributed by atoms with Crippen molar-refractivity contribution in [1.82, 2.24) is 0 Å². The first kappa shape index (κ1) is 9.95. The van der Waals surface area contributed by atoms with Crippen LogP contribution in [0.15, 0.2) is 0 Å². The summed E-state index contributed by atoms with van der Waals surface area (Å²) in [5, 5.41) is 9.41. The van der Waals surface area contributed by atoms with Crippen molar-refractivity contribution < 1.29 is 9.90 Å². The van der Waals surface area contributed by atoms with E-state index in [4.69, 9.17) is 10.8 Å². The summed E-state index contributed by atoms with van der Waals surface area (Å²) in [6, 6.07) is -0.679. The average Bonchev–Trinajstić information content (AvgIpc) is 1.87. The molecule has 0 aromatic carbocycles. The van der Waals surface area contributed by atoms with E-state index < -0.39 is 12.0 Å². The van der Waals surface area contributed by atoms with Crippen molar-refractivity contribution >= 4 is 20.9 Å². The fourth-order valence-electron chi connectivity index (χ4n) is 0.610. The molecule has 0 bridgehead atoms. The second-order valence-electron chi connectivity index (χ2n) is 2.30. The molecule has 0 aliphatic carbocycles. The van der Waals surface area contributed by atoms with Crippen molar-refractivity contribution in [1.29, 1.82) is 0 Å². The fourth-order valence-corrected chi connectivity index (χ4v) is 2.15. The van der Waals surface area contributed by atoms with Gasteiger partial charge in [-0.25, -0.2) is 0 Å². The minimum atomic E-state index is -0.892. The molecule has 0 aromatic rings. The van der Waals surface area contributed by atoms with E-state index in [0.29, 0.717) is 15.0 Å². The van der Waals surface area contributed by atoms with Crippen molar-refractivity contribution in [2.24, 2.45) is 11.7 Å². The quantitative estimate of drug-likeness (QED) is 0.652. The third-order valence-electron chi connectivity index (χ3n) is 1.33. The van der Waals surface area contributed by atoms with Crippen LogP contribution in [0, 0.1) is 5.92 Å². The van der Waals surface area contributed by atoms with Crippen LogP contribution in [0.4, 0.5) is 0 Å². The number of carboxylic acid groups (broad SMARTS) is 1. The number of nitrogens with two attached hydrogens (primary N) is 1. The molecule has 4 heteroatoms. The number of hydrogen-bond acceptors (Lipinski definition) is 2. The predicted molar refractivity (Wildman–Crippen MR) is 41.2 cm³/mol. The van der Waals surface area contributed by atoms with Gasteiger partial charge in [0.25, 0.3) is 0 Å². The third kappa shape index (κ3) is 3.20. The normalized spacial score (nSPS) is 16.3. The SMILES string of the molecule is C[Se]CC(C)[C@H](N)C(=O)O. The van der Waals surface area contributed by atoms with Crippen LogP contribution in [-0.2, 0) is 4.79 Å². The molecule has 0 aliphatic rings. The van der Waals surface area contributed by atoms with Crippen molar-refractivity contribution in [3.63, 3.8) is 0 Å². The molecule has 2 atom stereocenters. The Balaban J connectivity index is 3.69. The molecule has 0 radical (unpaired) electrons. The van der Waals surface area contributed by atoms with Gasteiger partial charge in [0.2, 0.25) is 0 Å². The summed E-state index contributed by atoms with van der Waals surface area (Å²) in [7, 11) is 0. The Kier molecular flexibility index (Phi) is 4.69. The topological polar surface area (TPSA) is 63.3 Å². The van der Waals surface area contributed by atoms with Crippen LogP contribution >= 0.6 is 0 Å². The number of hydrogen-bond donors (Lipinski definition) is 2. The summed E-state index contributed by atoms with van der Waals surface area (Å²) in [5.41, 5.74) is 5.36. The first-order chi connectivity index (χ1) is 4.59. The van der Waals surface area contributed by atoms with Gasteiger partial charge in [0, 0.05) is 0 Å². The summed E-state index contributed by atoms with van der Waals surface area (Å²) in [6.07, 6.45) is 0. The van der Waals surface area contributed by atoms with Gasteiger partial charge >= 0.3 is 66.6 Å². The Morgan fingerprint density at radius 3 is 2.60 bits per heavy atom. The van der Waals surface area contributed by atoms with Crippen molar-refractivity contribution in [2.45, 2.75) is 24.1 Å². The molecular weight excluding hydrogens is 197 g/mol. The monoisotopic (exact) mass is 211 g/mol. The standard InChI is InChI=1S/C6H13NO2Se/c1-4(3-10-2)5(7)6(8)9/h4-5H,3,7H2,1-2H3,(H,8,9)/t4?,5-/m0/s1. The molecule has 0 amide bonds. The van der Waals surface area contributed by atoms with Crippen LogP contribution in [0.2, 0.25) is 11.1 Å². The summed E-state index contributed by atoms with van der Waals surface area (Å²) >= 11 is 0.520. The van der Waals surface area contributed by atoms with E-state index in [-0.39, 0.29) is 5.92 Å². The first-order valence-electron chi connectivity index (χ1n) is 3.07. The molecule has 0 fully saturated rings. The van der Waals surface area contributed by atoms with Crippen molar-refractivity contribution in [2.75, 3.05) is 0 Å². The summed E-state index contributed by atoms with van der Waals surface area (Å²) in [4.78, 5) is 10.3. The van der Waals surface area contributed by atoms with Gasteiger partial charge in [0.1, 0.15) is 0 Å². The summed E-state index contributed by atoms with van der Waals surface area (Å²) < 4.78 is 0. The van der Waals surface area contributed by atoms with Crippen molar-refractivity contribution in [3.8, 4) is 0 Å². The molecule has 60 valence electrons. The van der Waals surface area contributed by atoms with Crippen molar-refractivity contribution in [3.05, 3.63) is 0 Å². The Morgan fingerprint density at radius 2 is 2.30 bits per heavy atom. The van der Waals surface area contributed by atoms with Crippen LogP contribution in [0.1, 0.15) is 6.92 Å². The first-order valence-corrected chi connectivity index (χ1v) is 5.99. The van der Waals surface area contributed by atoms with Gasteiger partial charge < -0.3 is 0 Å². The molecule has 1 unspecified atom stereocenters. The Hall–Kier alpha value is -0.0505. The van der Waals surface area contributed by atoms with E-state index in [0.717, 1.165) is 5.32 Å². The number of aliphatic carboxylic acids is 1. The van der Waals surface area contributed by atoms with E-state index in [2.05, 4.69) is 5.82 Å². The second kappa shape index (κ2) is 4.72. The van der Waals surface area contributed by atoms with E-state index >= 15 is 0 Å². The van der Waals surface area contributed by atoms with E-state index in [9.17, 15) is 4.79 Å². The van der Waals surface area contributed by atoms with Crippen LogP contribution in [0.5, 0.6) is 0 Å². The molecule has 0 aromatic heterocycles. The van der Waals surface area contributed by atoms with Crippen LogP contribution in [-0.4, -0.2) is 32.1 Å². The zero-order chi connectivity index (χ0) is 8.15. The Labute approximate surface area is 67.1 Å². The predicted octanol–water partition coefficient (Wildman–Crippen LogP) is 0.205. The van der Waals surface area contributed by atoms with Crippen LogP contribution < -0.4 is 5.73 Å². The zero-order valence-electron chi connectivity index (χ0n) is 6.20. The molecule has 0 saturated heterocycles. The summed E-state index contributed by atoms with van der Waals surface area (Å²) in [5.74, 6) is 1.30. The molecule has 3 N–H and O–H groups in total. The average molecular weight is 210 g/mol. The van der Waals surface area contributed by atoms with Gasteiger partial charge in [-0.2, -0.15) is 0 Å². The second-order valence-corrected chi connectivity index (χ2v) is 4.21. The van der Waals surface area contributed by atoms with Gasteiger partial charge in [0.05, 0.1) is 0 Å². The fraction of sp³-hybridized carbons (Fsp3) is 0.833. The molecule has 10 heavy (non-hydrogen) atoms. The van der Waals surface area contributed by atoms with Gasteiger partial charge in [-0.15, -0.1) is 0 Å². The van der Waals surface area contributed by atoms with Gasteiger partial charge in [-0.3, -0.25) is 0 Å².